The van der Waals surface area contributed by atoms with Crippen LogP contribution in [0.15, 0.2) is 24.3 Å². The maximum absolute atomic E-state index is 2.41. The van der Waals surface area contributed by atoms with Crippen LogP contribution in [0.3, 0.4) is 0 Å². The molecular weight excluding hydrogens is 336 g/mol. The fourth-order valence-corrected chi connectivity index (χ4v) is 4.75. The Kier molecular flexibility index (Phi) is 9.56. The van der Waals surface area contributed by atoms with Crippen molar-refractivity contribution in [2.24, 2.45) is 11.8 Å². The van der Waals surface area contributed by atoms with Crippen LogP contribution in [0.4, 0.5) is 0 Å². The second kappa shape index (κ2) is 11.6. The summed E-state index contributed by atoms with van der Waals surface area (Å²) in [4.78, 5) is 0. The fourth-order valence-electron chi connectivity index (χ4n) is 4.75. The van der Waals surface area contributed by atoms with Crippen molar-refractivity contribution in [3.63, 3.8) is 0 Å². The molecule has 0 bridgehead atoms. The van der Waals surface area contributed by atoms with Crippen LogP contribution >= 0.6 is 0 Å². The predicted molar refractivity (Wildman–Crippen MR) is 127 cm³/mol. The molecule has 0 heterocycles. The summed E-state index contributed by atoms with van der Waals surface area (Å²) in [7, 11) is 0. The Morgan fingerprint density at radius 1 is 0.607 bits per heavy atom. The Balaban J connectivity index is 2.41. The lowest BCUT2D eigenvalue weighted by Crippen LogP contribution is -2.08. The van der Waals surface area contributed by atoms with Gasteiger partial charge >= 0.3 is 0 Å². The van der Waals surface area contributed by atoms with Crippen LogP contribution in [-0.4, -0.2) is 0 Å². The summed E-state index contributed by atoms with van der Waals surface area (Å²) >= 11 is 0. The Morgan fingerprint density at radius 3 is 1.32 bits per heavy atom. The number of rotatable bonds is 12. The Morgan fingerprint density at radius 2 is 1.00 bits per heavy atom. The van der Waals surface area contributed by atoms with Gasteiger partial charge in [-0.3, -0.25) is 0 Å². The first-order chi connectivity index (χ1) is 13.5. The van der Waals surface area contributed by atoms with Crippen molar-refractivity contribution in [3.05, 3.63) is 46.5 Å². The molecule has 0 heteroatoms. The largest absolute Gasteiger partial charge is 0.0654 e. The smallest absolute Gasteiger partial charge is 0.0146 e. The van der Waals surface area contributed by atoms with E-state index in [1.807, 2.05) is 0 Å². The Bertz CT molecular complexity index is 661. The van der Waals surface area contributed by atoms with Gasteiger partial charge in [0.15, 0.2) is 0 Å². The zero-order valence-electron chi connectivity index (χ0n) is 19.5. The van der Waals surface area contributed by atoms with Crippen molar-refractivity contribution in [3.8, 4) is 0 Å². The van der Waals surface area contributed by atoms with Gasteiger partial charge in [-0.25, -0.2) is 0 Å². The van der Waals surface area contributed by atoms with Crippen molar-refractivity contribution in [2.45, 2.75) is 106 Å². The fraction of sp³-hybridized carbons (Fsp3) is 0.643. The van der Waals surface area contributed by atoms with Crippen molar-refractivity contribution in [2.75, 3.05) is 0 Å². The molecule has 0 amide bonds. The zero-order valence-corrected chi connectivity index (χ0v) is 19.5. The average molecular weight is 381 g/mol. The first kappa shape index (κ1) is 23.0. The minimum absolute atomic E-state index is 0.821. The molecule has 0 fully saturated rings. The molecule has 2 aromatic carbocycles. The minimum Gasteiger partial charge on any atom is -0.0654 e. The summed E-state index contributed by atoms with van der Waals surface area (Å²) in [6, 6.07) is 9.60. The number of fused-ring (bicyclic) bond motifs is 1. The van der Waals surface area contributed by atoms with Gasteiger partial charge in [-0.2, -0.15) is 0 Å². The standard InChI is InChI=1S/C28H44/c1-7-11-13-23(9-3)19-27-21(5)15-18-26-25(27)17-16-22(6)28(26)20-24(10-4)14-12-8-2/h15-18,23-24H,7-14,19-20H2,1-6H3. The highest BCUT2D eigenvalue weighted by molar-refractivity contribution is 5.90. The highest BCUT2D eigenvalue weighted by Gasteiger charge is 2.16. The molecule has 0 radical (unpaired) electrons. The molecule has 0 aliphatic carbocycles. The molecule has 2 rings (SSSR count). The van der Waals surface area contributed by atoms with Gasteiger partial charge in [0, 0.05) is 0 Å². The van der Waals surface area contributed by atoms with Gasteiger partial charge in [-0.15, -0.1) is 0 Å². The van der Waals surface area contributed by atoms with E-state index in [2.05, 4.69) is 65.8 Å². The Labute approximate surface area is 175 Å². The van der Waals surface area contributed by atoms with E-state index in [4.69, 9.17) is 0 Å². The molecule has 2 aromatic rings. The molecule has 0 N–H and O–H groups in total. The van der Waals surface area contributed by atoms with Gasteiger partial charge in [0.25, 0.3) is 0 Å². The first-order valence-electron chi connectivity index (χ1n) is 12.1. The predicted octanol–water partition coefficient (Wildman–Crippen LogP) is 8.97. The van der Waals surface area contributed by atoms with E-state index in [0.29, 0.717) is 0 Å². The number of hydrogen-bond donors (Lipinski definition) is 0. The average Bonchev–Trinajstić information content (AvgIpc) is 2.71. The Hall–Kier alpha value is -1.30. The normalized spacial score (nSPS) is 13.8. The van der Waals surface area contributed by atoms with Gasteiger partial charge in [0.05, 0.1) is 0 Å². The topological polar surface area (TPSA) is 0 Å². The molecule has 0 saturated carbocycles. The van der Waals surface area contributed by atoms with Gasteiger partial charge in [0.1, 0.15) is 0 Å². The molecule has 156 valence electrons. The van der Waals surface area contributed by atoms with Crippen molar-refractivity contribution in [1.82, 2.24) is 0 Å². The maximum Gasteiger partial charge on any atom is -0.0146 e. The third kappa shape index (κ3) is 5.85. The van der Waals surface area contributed by atoms with Crippen LogP contribution in [0.25, 0.3) is 10.8 Å². The first-order valence-corrected chi connectivity index (χ1v) is 12.1. The lowest BCUT2D eigenvalue weighted by Gasteiger charge is -2.22. The summed E-state index contributed by atoms with van der Waals surface area (Å²) in [5.41, 5.74) is 6.19. The van der Waals surface area contributed by atoms with Crippen molar-refractivity contribution in [1.29, 1.82) is 0 Å². The van der Waals surface area contributed by atoms with Gasteiger partial charge in [-0.1, -0.05) is 103 Å². The number of hydrogen-bond acceptors (Lipinski definition) is 0. The van der Waals surface area contributed by atoms with E-state index >= 15 is 0 Å². The van der Waals surface area contributed by atoms with Crippen LogP contribution in [0.1, 0.15) is 101 Å². The molecule has 0 spiro atoms. The number of aryl methyl sites for hydroxylation is 2. The van der Waals surface area contributed by atoms with Crippen LogP contribution in [-0.2, 0) is 12.8 Å². The molecule has 2 unspecified atom stereocenters. The molecule has 28 heavy (non-hydrogen) atoms. The lowest BCUT2D eigenvalue weighted by molar-refractivity contribution is 0.448. The highest BCUT2D eigenvalue weighted by atomic mass is 14.2. The summed E-state index contributed by atoms with van der Waals surface area (Å²) < 4.78 is 0. The third-order valence-electron chi connectivity index (χ3n) is 6.96. The summed E-state index contributed by atoms with van der Waals surface area (Å²) in [6.07, 6.45) is 13.2. The van der Waals surface area contributed by atoms with Crippen LogP contribution in [0, 0.1) is 25.7 Å². The zero-order chi connectivity index (χ0) is 20.5. The quantitative estimate of drug-likeness (QED) is 0.344. The van der Waals surface area contributed by atoms with E-state index in [0.717, 1.165) is 11.8 Å². The third-order valence-corrected chi connectivity index (χ3v) is 6.96. The molecule has 0 aliphatic rings. The van der Waals surface area contributed by atoms with Crippen molar-refractivity contribution >= 4 is 10.8 Å². The summed E-state index contributed by atoms with van der Waals surface area (Å²) in [5.74, 6) is 1.64. The van der Waals surface area contributed by atoms with Gasteiger partial charge in [0.2, 0.25) is 0 Å². The SMILES string of the molecule is CCCCC(CC)Cc1c(C)ccc2c(CC(CC)CCCC)c(C)ccc12. The van der Waals surface area contributed by atoms with Crippen LogP contribution < -0.4 is 0 Å². The molecule has 0 aliphatic heterocycles. The lowest BCUT2D eigenvalue weighted by atomic mass is 9.83. The van der Waals surface area contributed by atoms with Gasteiger partial charge in [-0.05, 0) is 71.6 Å². The van der Waals surface area contributed by atoms with E-state index in [9.17, 15) is 0 Å². The summed E-state index contributed by atoms with van der Waals surface area (Å²) in [5, 5.41) is 3.06. The molecular formula is C28H44. The molecule has 0 saturated heterocycles. The maximum atomic E-state index is 2.41. The van der Waals surface area contributed by atoms with Crippen molar-refractivity contribution < 1.29 is 0 Å². The molecule has 0 nitrogen and oxygen atoms in total. The minimum atomic E-state index is 0.821. The van der Waals surface area contributed by atoms with E-state index in [-0.39, 0.29) is 0 Å². The molecule has 2 atom stereocenters. The second-order valence-electron chi connectivity index (χ2n) is 9.06. The summed E-state index contributed by atoms with van der Waals surface area (Å²) in [6.45, 7) is 14.0. The van der Waals surface area contributed by atoms with Crippen LogP contribution in [0.5, 0.6) is 0 Å². The second-order valence-corrected chi connectivity index (χ2v) is 9.06. The number of unbranched alkanes of at least 4 members (excludes halogenated alkanes) is 2. The highest BCUT2D eigenvalue weighted by Crippen LogP contribution is 2.33. The van der Waals surface area contributed by atoms with E-state index in [1.54, 1.807) is 11.1 Å². The van der Waals surface area contributed by atoms with Gasteiger partial charge < -0.3 is 0 Å². The van der Waals surface area contributed by atoms with E-state index in [1.165, 1.54) is 86.1 Å². The van der Waals surface area contributed by atoms with Crippen LogP contribution in [0.2, 0.25) is 0 Å². The number of benzene rings is 2. The molecule has 0 aromatic heterocycles. The monoisotopic (exact) mass is 380 g/mol. The van der Waals surface area contributed by atoms with E-state index < -0.39 is 0 Å².